The summed E-state index contributed by atoms with van der Waals surface area (Å²) in [4.78, 5) is 139. The Morgan fingerprint density at radius 1 is 0.661 bits per heavy atom. The number of ether oxygens (including phenoxy) is 2. The number of amidine groups is 1. The number of benzene rings is 2. The van der Waals surface area contributed by atoms with Crippen molar-refractivity contribution in [3.8, 4) is 0 Å². The van der Waals surface area contributed by atoms with Gasteiger partial charge in [-0.15, -0.1) is 5.06 Å². The molecule has 6 amide bonds. The minimum Gasteiger partial charge on any atom is -0.464 e. The van der Waals surface area contributed by atoms with E-state index in [1.54, 1.807) is 37.3 Å². The molecule has 2 saturated heterocycles. The first-order valence-corrected chi connectivity index (χ1v) is 54.4. The van der Waals surface area contributed by atoms with Gasteiger partial charge >= 0.3 is 78.1 Å². The topological polar surface area (TPSA) is 577 Å². The molecule has 0 saturated carbocycles. The van der Waals surface area contributed by atoms with Gasteiger partial charge in [-0.05, 0) is 109 Å². The van der Waals surface area contributed by atoms with Crippen LogP contribution in [0.3, 0.4) is 0 Å². The van der Waals surface area contributed by atoms with Crippen LogP contribution in [-0.2, 0) is 117 Å². The molecule has 3 aromatic rings. The fourth-order valence-corrected chi connectivity index (χ4v) is 16.3. The van der Waals surface area contributed by atoms with Crippen molar-refractivity contribution in [3.63, 3.8) is 0 Å². The molecule has 36 nitrogen and oxygen atoms in total. The number of aryl methyl sites for hydroxylation is 1. The molecule has 0 radical (unpaired) electrons. The number of hydroxylamine groups is 3. The third-order valence-corrected chi connectivity index (χ3v) is 42.6. The van der Waals surface area contributed by atoms with Crippen LogP contribution >= 0.6 is 15.9 Å². The maximum atomic E-state index is 13.5. The number of rotatable bonds is 28. The molecule has 1 aromatic heterocycles. The van der Waals surface area contributed by atoms with E-state index in [0.717, 1.165) is 10.6 Å². The molecule has 0 aliphatic carbocycles. The number of aliphatic hydroxyl groups excluding tert-OH is 3. The number of amides is 6. The van der Waals surface area contributed by atoms with Crippen LogP contribution in [0.1, 0.15) is 192 Å². The van der Waals surface area contributed by atoms with Crippen molar-refractivity contribution in [2.75, 3.05) is 45.4 Å². The number of nitrogen functional groups attached to an aromatic ring is 1. The van der Waals surface area contributed by atoms with Gasteiger partial charge in [0.1, 0.15) is 36.3 Å². The number of aliphatic hydroxyl groups is 3. The molecule has 2 aromatic carbocycles. The number of imide groups is 1. The second kappa shape index (κ2) is 50.7. The zero-order chi connectivity index (χ0) is 89.6. The molecule has 7 rings (SSSR count). The molecule has 2 fully saturated rings. The van der Waals surface area contributed by atoms with Crippen LogP contribution in [-0.4, -0.2) is 205 Å². The first-order chi connectivity index (χ1) is 53.1. The van der Waals surface area contributed by atoms with Gasteiger partial charge in [0.25, 0.3) is 11.8 Å². The minimum atomic E-state index is -2.19. The van der Waals surface area contributed by atoms with Crippen LogP contribution in [0.15, 0.2) is 51.9 Å². The zero-order valence-electron chi connectivity index (χ0n) is 72.1. The molecule has 0 bridgehead atoms. The van der Waals surface area contributed by atoms with Gasteiger partial charge in [-0.1, -0.05) is 125 Å². The van der Waals surface area contributed by atoms with Crippen molar-refractivity contribution in [2.24, 2.45) is 33.8 Å². The summed E-state index contributed by atoms with van der Waals surface area (Å²) >= 11 is 1.33. The SMILES string of the molecule is C.CC(=O)[O][Hg][O]C(C)=O.CC(C)(C)[Si](C)(C)OC1CCOC1=O.CC(C)(C)[Si](C)(C)O[C@@H](CCO)C(N)=O.CC(C)(C)[Si](C)(C)O[C@@H](CCON)C(N)=O.CC(C)(C)[Si](C)(C)O[C@@H](CCON1C(=O)c2ccccc2C1=O)C(N)=O.Cc1nc(N)nc2c1C(NOCC[C@H](O)C(N)=O)=N[C@@H](c1ccc(F)cc1Br)C2.N.O=C1OCCC1O. The largest absolute Gasteiger partial charge is 0.464 e. The van der Waals surface area contributed by atoms with Crippen molar-refractivity contribution in [3.05, 3.63) is 86.4 Å². The van der Waals surface area contributed by atoms with Gasteiger partial charge in [-0.2, -0.15) is 0 Å². The summed E-state index contributed by atoms with van der Waals surface area (Å²) in [5.41, 5.74) is 32.9. The second-order valence-electron chi connectivity index (χ2n) is 33.2. The third-order valence-electron chi connectivity index (χ3n) is 19.9. The molecule has 4 aliphatic heterocycles. The molecule has 0 spiro atoms. The normalized spacial score (nSPS) is 16.7. The summed E-state index contributed by atoms with van der Waals surface area (Å²) in [6.45, 7) is 47.3. The first kappa shape index (κ1) is 113. The molecule has 2 unspecified atom stereocenters. The number of primary amides is 4. The zero-order valence-corrected chi connectivity index (χ0v) is 83.2. The molecule has 668 valence electrons. The number of fused-ring (bicyclic) bond motifs is 2. The fourth-order valence-electron chi connectivity index (χ4n) is 9.02. The van der Waals surface area contributed by atoms with Crippen molar-refractivity contribution < 1.29 is 140 Å². The number of aliphatic imine (C=N–C) groups is 1. The van der Waals surface area contributed by atoms with Crippen molar-refractivity contribution >= 4 is 120 Å². The van der Waals surface area contributed by atoms with Gasteiger partial charge in [-0.3, -0.25) is 43.4 Å². The van der Waals surface area contributed by atoms with Crippen molar-refractivity contribution in [1.29, 1.82) is 0 Å². The maximum absolute atomic E-state index is 13.5. The van der Waals surface area contributed by atoms with E-state index in [1.807, 2.05) is 13.1 Å². The van der Waals surface area contributed by atoms with Crippen LogP contribution in [0.2, 0.25) is 72.5 Å². The number of carbonyl (C=O) groups is 10. The molecule has 4 aliphatic rings. The molecule has 19 N–H and O–H groups in total. The molecule has 118 heavy (non-hydrogen) atoms. The van der Waals surface area contributed by atoms with E-state index >= 15 is 0 Å². The number of nitrogens with two attached hydrogens (primary N) is 6. The van der Waals surface area contributed by atoms with E-state index in [9.17, 15) is 57.4 Å². The van der Waals surface area contributed by atoms with Gasteiger partial charge in [0.2, 0.25) is 29.6 Å². The van der Waals surface area contributed by atoms with E-state index in [2.05, 4.69) is 174 Å². The monoisotopic (exact) mass is 2000 g/mol. The fraction of sp³-hybridized carbons (Fsp3) is 0.640. The predicted octanol–water partition coefficient (Wildman–Crippen LogP) is 8.38. The van der Waals surface area contributed by atoms with E-state index < -0.39 is 131 Å². The second-order valence-corrected chi connectivity index (χ2v) is 56.3. The van der Waals surface area contributed by atoms with Gasteiger partial charge in [0.15, 0.2) is 45.2 Å². The number of halogens is 2. The predicted molar refractivity (Wildman–Crippen MR) is 449 cm³/mol. The Hall–Kier alpha value is -6.58. The van der Waals surface area contributed by atoms with Gasteiger partial charge in [-0.25, -0.2) is 35.3 Å². The van der Waals surface area contributed by atoms with Crippen LogP contribution in [0.5, 0.6) is 0 Å². The van der Waals surface area contributed by atoms with E-state index in [0.29, 0.717) is 77.3 Å². The minimum absolute atomic E-state index is 0. The number of carbonyl (C=O) groups excluding carboxylic acids is 10. The number of anilines is 1. The van der Waals surface area contributed by atoms with Gasteiger partial charge in [0, 0.05) is 56.0 Å². The number of aromatic nitrogens is 2. The molecule has 7 atom stereocenters. The number of cyclic esters (lactones) is 2. The average Bonchev–Trinajstić information content (AvgIpc) is 1.43. The third kappa shape index (κ3) is 38.2. The number of esters is 2. The Balaban J connectivity index is 0. The molecular weight excluding hydrogens is 1860 g/mol. The summed E-state index contributed by atoms with van der Waals surface area (Å²) in [6, 6.07) is 10.5. The Morgan fingerprint density at radius 3 is 1.47 bits per heavy atom. The summed E-state index contributed by atoms with van der Waals surface area (Å²) in [7, 11) is -7.97. The summed E-state index contributed by atoms with van der Waals surface area (Å²) in [5, 5.41) is 27.7. The molecule has 5 heterocycles. The molecule has 43 heteroatoms. The standard InChI is InChI=1S/C18H20BrFN6O3.C18H26N2O5Si.C10H24N2O3Si.C10H23NO3Si.C10H20O3Si.C4H6O3.2C2H4O2.CH4.Hg.H3N/c1-8-15-13(25-18(22)23-8)7-12(10-3-2-9(20)6-11(10)19)24-17(15)26-29-5-4-14(27)16(21)28;1-18(2,3)26(4,5)25-14(15(19)21)10-11-24-20-16(22)12-8-6-7-9-13(12)17(20)23;1-10(2,3)16(4,5)15-8(9(11)13)6-7-14-12;1-10(2,3)15(4,5)14-8(6-7-12)9(11)13;1-10(2,3)14(4,5)13-8-6-7-12-9(8)11;5-3-1-2-7-4(3)6;2*1-2(3)4;;;/h2-3,6,12,14,27H,4-5,7H2,1H3,(H2,21,28)(H,24,26)(H2,22,23,25);6-9,14H,10-11H2,1-5H3,(H2,19,21);8H,6-7,12H2,1-5H3,(H2,11,13);8,12H,6-7H2,1-5H3,(H2,11,13);8H,6-7H2,1-5H3;3,5H,1-2H2;2*1H3,(H,3,4);1H4;;1H3/q;;;;;;;;;+2;/p-2/t12-,14+;14-;2*8-;;;;;;;/m1000......./s1. The molecular formula is C75H132BrFHgN12O24Si4. The van der Waals surface area contributed by atoms with E-state index in [-0.39, 0.29) is 121 Å². The van der Waals surface area contributed by atoms with Crippen molar-refractivity contribution in [2.45, 2.75) is 271 Å². The summed E-state index contributed by atoms with van der Waals surface area (Å²) in [5.74, 6) is 0.316. The maximum Gasteiger partial charge on any atom is 0.335 e. The average molecular weight is 2000 g/mol. The van der Waals surface area contributed by atoms with Crippen LogP contribution in [0.25, 0.3) is 0 Å². The van der Waals surface area contributed by atoms with Crippen LogP contribution in [0, 0.1) is 12.7 Å². The smallest absolute Gasteiger partial charge is 0.335 e. The van der Waals surface area contributed by atoms with Crippen LogP contribution < -0.4 is 46.2 Å². The summed E-state index contributed by atoms with van der Waals surface area (Å²) < 4.78 is 56.0. The Labute approximate surface area is 719 Å². The number of hydrogen-bond donors (Lipinski definition) is 11. The quantitative estimate of drug-likeness (QED) is 0.0107. The van der Waals surface area contributed by atoms with Crippen LogP contribution in [0.4, 0.5) is 10.3 Å². The summed E-state index contributed by atoms with van der Waals surface area (Å²) in [6.07, 6.45) is -2.07. The Bertz CT molecular complexity index is 3780. The van der Waals surface area contributed by atoms with E-state index in [1.165, 1.54) is 26.0 Å². The number of hydrogen-bond acceptors (Lipinski definition) is 31. The first-order valence-electron chi connectivity index (χ1n) is 37.5. The van der Waals surface area contributed by atoms with Gasteiger partial charge in [0.05, 0.1) is 67.2 Å². The Kier molecular flexibility index (Phi) is 48.8. The van der Waals surface area contributed by atoms with Gasteiger partial charge < -0.3 is 82.2 Å². The number of nitrogens with one attached hydrogen (secondary N) is 1. The number of nitrogens with zero attached hydrogens (tertiary/aromatic N) is 4. The Morgan fingerprint density at radius 2 is 1.10 bits per heavy atom. The van der Waals surface area contributed by atoms with E-state index in [4.69, 9.17) is 76.9 Å². The van der Waals surface area contributed by atoms with Crippen molar-refractivity contribution in [1.82, 2.24) is 26.7 Å².